The van der Waals surface area contributed by atoms with Crippen LogP contribution in [0, 0.1) is 0 Å². The van der Waals surface area contributed by atoms with Crippen molar-refractivity contribution in [3.8, 4) is 22.6 Å². The Morgan fingerprint density at radius 3 is 2.58 bits per heavy atom. The molecule has 0 spiro atoms. The maximum absolute atomic E-state index is 11.6. The molecular weight excluding hydrogens is 480 g/mol. The van der Waals surface area contributed by atoms with Crippen LogP contribution in [0.3, 0.4) is 0 Å². The minimum absolute atomic E-state index is 0.310. The number of aryl methyl sites for hydroxylation is 1. The lowest BCUT2D eigenvalue weighted by Crippen LogP contribution is -2.35. The number of morpholine rings is 1. The normalized spacial score (nSPS) is 14.1. The van der Waals surface area contributed by atoms with Crippen molar-refractivity contribution < 1.29 is 23.4 Å². The summed E-state index contributed by atoms with van der Waals surface area (Å²) in [5.41, 5.74) is 12.0. The van der Waals surface area contributed by atoms with Gasteiger partial charge >= 0.3 is 5.97 Å². The zero-order valence-electron chi connectivity index (χ0n) is 22.0. The maximum Gasteiger partial charge on any atom is 0.308 e. The van der Waals surface area contributed by atoms with Gasteiger partial charge in [0.1, 0.15) is 18.0 Å². The van der Waals surface area contributed by atoms with Gasteiger partial charge in [0, 0.05) is 37.5 Å². The predicted molar refractivity (Wildman–Crippen MR) is 147 cm³/mol. The molecule has 0 unspecified atom stereocenters. The molecule has 0 bridgehead atoms. The molecule has 1 fully saturated rings. The van der Waals surface area contributed by atoms with Crippen LogP contribution in [0.25, 0.3) is 22.1 Å². The lowest BCUT2D eigenvalue weighted by atomic mass is 9.99. The Morgan fingerprint density at radius 1 is 0.974 bits per heavy atom. The van der Waals surface area contributed by atoms with Crippen molar-refractivity contribution in [3.63, 3.8) is 0 Å². The molecule has 198 valence electrons. The smallest absolute Gasteiger partial charge is 0.308 e. The van der Waals surface area contributed by atoms with Gasteiger partial charge in [-0.05, 0) is 65.1 Å². The first-order valence-corrected chi connectivity index (χ1v) is 13.1. The second-order valence-corrected chi connectivity index (χ2v) is 9.58. The molecule has 2 heterocycles. The molecule has 1 aliphatic rings. The number of fused-ring (bicyclic) bond motifs is 1. The van der Waals surface area contributed by atoms with E-state index in [0.717, 1.165) is 83.8 Å². The summed E-state index contributed by atoms with van der Waals surface area (Å²) < 4.78 is 23.5. The van der Waals surface area contributed by atoms with Crippen molar-refractivity contribution in [2.45, 2.75) is 40.0 Å². The van der Waals surface area contributed by atoms with Crippen molar-refractivity contribution in [3.05, 3.63) is 83.1 Å². The molecule has 2 N–H and O–H groups in total. The Bertz CT molecular complexity index is 1420. The number of nitrogens with zero attached hydrogens (tertiary/aromatic N) is 1. The Kier molecular flexibility index (Phi) is 8.08. The highest BCUT2D eigenvalue weighted by atomic mass is 16.6. The number of benzene rings is 3. The first kappa shape index (κ1) is 26.0. The number of hydrogen-bond acceptors (Lipinski definition) is 7. The molecule has 3 aromatic carbocycles. The molecule has 4 aromatic rings. The van der Waals surface area contributed by atoms with Crippen LogP contribution in [-0.4, -0.2) is 37.2 Å². The topological polar surface area (TPSA) is 87.2 Å². The minimum Gasteiger partial charge on any atom is -0.485 e. The molecule has 5 rings (SSSR count). The number of esters is 1. The highest BCUT2D eigenvalue weighted by Crippen LogP contribution is 2.35. The van der Waals surface area contributed by atoms with E-state index in [1.807, 2.05) is 24.3 Å². The molecule has 0 atom stereocenters. The summed E-state index contributed by atoms with van der Waals surface area (Å²) in [5, 5.41) is 1.02. The zero-order valence-corrected chi connectivity index (χ0v) is 22.0. The molecule has 1 saturated heterocycles. The highest BCUT2D eigenvalue weighted by Gasteiger charge is 2.17. The lowest BCUT2D eigenvalue weighted by molar-refractivity contribution is -0.132. The van der Waals surface area contributed by atoms with Gasteiger partial charge in [0.25, 0.3) is 0 Å². The first-order valence-electron chi connectivity index (χ1n) is 13.1. The van der Waals surface area contributed by atoms with E-state index in [1.54, 1.807) is 6.07 Å². The Labute approximate surface area is 223 Å². The van der Waals surface area contributed by atoms with Crippen LogP contribution in [0.4, 0.5) is 0 Å². The number of ether oxygens (including phenoxy) is 3. The minimum atomic E-state index is -0.381. The summed E-state index contributed by atoms with van der Waals surface area (Å²) in [7, 11) is 0. The van der Waals surface area contributed by atoms with E-state index in [9.17, 15) is 4.79 Å². The van der Waals surface area contributed by atoms with Crippen LogP contribution in [0.15, 0.2) is 65.1 Å². The standard InChI is InChI=1S/C31H34N2O5/c1-3-22-7-8-29(37-21(2)34)30(16-22)36-20-24-14-26-17-27(19-33-9-11-35-12-10-33)38-31(26)28(15-24)25-6-4-5-23(13-25)18-32/h4-8,13-17H,3,9-12,18-20,32H2,1-2H3. The SMILES string of the molecule is CCc1ccc(OC(C)=O)c(OCc2cc(-c3cccc(CN)c3)c3oc(CN4CCOCC4)cc3c2)c1. The lowest BCUT2D eigenvalue weighted by Gasteiger charge is -2.25. The molecule has 0 radical (unpaired) electrons. The van der Waals surface area contributed by atoms with E-state index in [-0.39, 0.29) is 5.97 Å². The first-order chi connectivity index (χ1) is 18.5. The van der Waals surface area contributed by atoms with E-state index in [0.29, 0.717) is 24.7 Å². The van der Waals surface area contributed by atoms with Gasteiger partial charge in [0.15, 0.2) is 11.5 Å². The van der Waals surface area contributed by atoms with Gasteiger partial charge in [-0.3, -0.25) is 9.69 Å². The van der Waals surface area contributed by atoms with Gasteiger partial charge in [0.05, 0.1) is 19.8 Å². The number of carbonyl (C=O) groups excluding carboxylic acids is 1. The molecule has 0 aliphatic carbocycles. The third-order valence-corrected chi connectivity index (χ3v) is 6.75. The Morgan fingerprint density at radius 2 is 1.82 bits per heavy atom. The zero-order chi connectivity index (χ0) is 26.5. The molecule has 1 aliphatic heterocycles. The van der Waals surface area contributed by atoms with Gasteiger partial charge in [-0.1, -0.05) is 31.2 Å². The van der Waals surface area contributed by atoms with Gasteiger partial charge in [-0.25, -0.2) is 0 Å². The summed E-state index contributed by atoms with van der Waals surface area (Å²) in [6.45, 7) is 8.25. The molecule has 38 heavy (non-hydrogen) atoms. The third-order valence-electron chi connectivity index (χ3n) is 6.75. The van der Waals surface area contributed by atoms with Crippen molar-refractivity contribution in [1.82, 2.24) is 4.90 Å². The van der Waals surface area contributed by atoms with Crippen LogP contribution in [0.1, 0.15) is 36.3 Å². The molecule has 7 nitrogen and oxygen atoms in total. The Balaban J connectivity index is 1.50. The molecule has 7 heteroatoms. The van der Waals surface area contributed by atoms with Gasteiger partial charge < -0.3 is 24.4 Å². The van der Waals surface area contributed by atoms with Crippen LogP contribution in [0.5, 0.6) is 11.5 Å². The largest absolute Gasteiger partial charge is 0.485 e. The van der Waals surface area contributed by atoms with Gasteiger partial charge in [-0.15, -0.1) is 0 Å². The molecule has 0 amide bonds. The molecule has 1 aromatic heterocycles. The monoisotopic (exact) mass is 514 g/mol. The molecule has 0 saturated carbocycles. The van der Waals surface area contributed by atoms with Crippen molar-refractivity contribution in [2.75, 3.05) is 26.3 Å². The third kappa shape index (κ3) is 6.07. The van der Waals surface area contributed by atoms with Crippen molar-refractivity contribution in [2.24, 2.45) is 5.73 Å². The number of carbonyl (C=O) groups is 1. The van der Waals surface area contributed by atoms with Crippen molar-refractivity contribution in [1.29, 1.82) is 0 Å². The van der Waals surface area contributed by atoms with Gasteiger partial charge in [-0.2, -0.15) is 0 Å². The van der Waals surface area contributed by atoms with E-state index in [2.05, 4.69) is 42.2 Å². The van der Waals surface area contributed by atoms with Crippen LogP contribution < -0.4 is 15.2 Å². The Hall–Kier alpha value is -3.65. The molecular formula is C31H34N2O5. The summed E-state index contributed by atoms with van der Waals surface area (Å²) in [6, 6.07) is 20.2. The fourth-order valence-corrected chi connectivity index (χ4v) is 4.78. The summed E-state index contributed by atoms with van der Waals surface area (Å²) in [5.74, 6) is 1.51. The van der Waals surface area contributed by atoms with E-state index in [1.165, 1.54) is 6.92 Å². The van der Waals surface area contributed by atoms with Gasteiger partial charge in [0.2, 0.25) is 0 Å². The number of hydrogen-bond donors (Lipinski definition) is 1. The quantitative estimate of drug-likeness (QED) is 0.234. The van der Waals surface area contributed by atoms with Crippen LogP contribution in [0.2, 0.25) is 0 Å². The number of nitrogens with two attached hydrogens (primary N) is 1. The second kappa shape index (κ2) is 11.8. The maximum atomic E-state index is 11.6. The van der Waals surface area contributed by atoms with E-state index in [4.69, 9.17) is 24.4 Å². The fraction of sp³-hybridized carbons (Fsp3) is 0.323. The number of furan rings is 1. The summed E-state index contributed by atoms with van der Waals surface area (Å²) >= 11 is 0. The average molecular weight is 515 g/mol. The summed E-state index contributed by atoms with van der Waals surface area (Å²) in [6.07, 6.45) is 0.852. The highest BCUT2D eigenvalue weighted by molar-refractivity contribution is 5.93. The average Bonchev–Trinajstić information content (AvgIpc) is 3.34. The van der Waals surface area contributed by atoms with Crippen LogP contribution in [-0.2, 0) is 35.6 Å². The van der Waals surface area contributed by atoms with Crippen LogP contribution >= 0.6 is 0 Å². The van der Waals surface area contributed by atoms with E-state index >= 15 is 0 Å². The predicted octanol–water partition coefficient (Wildman–Crippen LogP) is 5.46. The van der Waals surface area contributed by atoms with E-state index < -0.39 is 0 Å². The second-order valence-electron chi connectivity index (χ2n) is 9.58. The fourth-order valence-electron chi connectivity index (χ4n) is 4.78. The summed E-state index contributed by atoms with van der Waals surface area (Å²) in [4.78, 5) is 14.0. The van der Waals surface area contributed by atoms with Crippen molar-refractivity contribution >= 4 is 16.9 Å². The number of rotatable bonds is 9.